The standard InChI is InChI=1S/C26H28ClN3O3S/c1-21-10-12-25(13-11-21)34(32,33)30(24-9-5-8-23(27)18-24)20-26(31)29-16-14-28(15-17-29)19-22-6-3-2-4-7-22/h2-13,18H,14-17,19-20H2,1H3. The van der Waals surface area contributed by atoms with Crippen molar-refractivity contribution < 1.29 is 13.2 Å². The molecular formula is C26H28ClN3O3S. The Bertz CT molecular complexity index is 1230. The molecule has 0 N–H and O–H groups in total. The molecule has 1 fully saturated rings. The Kier molecular flexibility index (Phi) is 7.56. The van der Waals surface area contributed by atoms with Gasteiger partial charge in [0.2, 0.25) is 5.91 Å². The van der Waals surface area contributed by atoms with Gasteiger partial charge in [0.05, 0.1) is 10.6 Å². The van der Waals surface area contributed by atoms with Crippen molar-refractivity contribution in [1.82, 2.24) is 9.80 Å². The van der Waals surface area contributed by atoms with Crippen LogP contribution in [0.3, 0.4) is 0 Å². The van der Waals surface area contributed by atoms with Gasteiger partial charge in [0.25, 0.3) is 10.0 Å². The second-order valence-corrected chi connectivity index (χ2v) is 10.7. The lowest BCUT2D eigenvalue weighted by molar-refractivity contribution is -0.131. The van der Waals surface area contributed by atoms with E-state index in [0.29, 0.717) is 23.8 Å². The molecule has 6 nitrogen and oxygen atoms in total. The summed E-state index contributed by atoms with van der Waals surface area (Å²) < 4.78 is 28.2. The van der Waals surface area contributed by atoms with E-state index in [0.717, 1.165) is 29.5 Å². The first-order valence-corrected chi connectivity index (χ1v) is 13.0. The number of benzene rings is 3. The van der Waals surface area contributed by atoms with Crippen molar-refractivity contribution in [3.63, 3.8) is 0 Å². The molecule has 34 heavy (non-hydrogen) atoms. The summed E-state index contributed by atoms with van der Waals surface area (Å²) in [6, 6.07) is 23.4. The van der Waals surface area contributed by atoms with Crippen molar-refractivity contribution >= 4 is 33.2 Å². The molecule has 1 aliphatic rings. The molecule has 3 aromatic carbocycles. The molecule has 0 saturated carbocycles. The maximum absolute atomic E-state index is 13.5. The number of carbonyl (C=O) groups excluding carboxylic acids is 1. The molecule has 1 heterocycles. The molecule has 3 aromatic rings. The summed E-state index contributed by atoms with van der Waals surface area (Å²) in [7, 11) is -3.96. The fourth-order valence-corrected chi connectivity index (χ4v) is 5.59. The Hall–Kier alpha value is -2.87. The first-order chi connectivity index (χ1) is 16.3. The highest BCUT2D eigenvalue weighted by atomic mass is 35.5. The zero-order chi connectivity index (χ0) is 24.1. The normalized spacial score (nSPS) is 14.7. The molecule has 0 bridgehead atoms. The summed E-state index contributed by atoms with van der Waals surface area (Å²) in [5.74, 6) is -0.227. The van der Waals surface area contributed by atoms with Gasteiger partial charge in [-0.2, -0.15) is 0 Å². The second kappa shape index (κ2) is 10.6. The van der Waals surface area contributed by atoms with Gasteiger partial charge in [-0.1, -0.05) is 65.7 Å². The number of aryl methyl sites for hydroxylation is 1. The van der Waals surface area contributed by atoms with Crippen molar-refractivity contribution in [3.8, 4) is 0 Å². The van der Waals surface area contributed by atoms with Gasteiger partial charge in [-0.05, 0) is 42.8 Å². The number of carbonyl (C=O) groups is 1. The third kappa shape index (κ3) is 5.78. The third-order valence-corrected chi connectivity index (χ3v) is 7.98. The summed E-state index contributed by atoms with van der Waals surface area (Å²) in [6.07, 6.45) is 0. The minimum Gasteiger partial charge on any atom is -0.339 e. The van der Waals surface area contributed by atoms with E-state index < -0.39 is 10.0 Å². The number of anilines is 1. The van der Waals surface area contributed by atoms with Crippen LogP contribution in [0.15, 0.2) is 83.8 Å². The van der Waals surface area contributed by atoms with Crippen molar-refractivity contribution in [3.05, 3.63) is 95.0 Å². The monoisotopic (exact) mass is 497 g/mol. The van der Waals surface area contributed by atoms with E-state index in [4.69, 9.17) is 11.6 Å². The summed E-state index contributed by atoms with van der Waals surface area (Å²) >= 11 is 6.15. The van der Waals surface area contributed by atoms with E-state index in [9.17, 15) is 13.2 Å². The van der Waals surface area contributed by atoms with Crippen LogP contribution in [0.25, 0.3) is 0 Å². The van der Waals surface area contributed by atoms with Crippen molar-refractivity contribution in [2.45, 2.75) is 18.4 Å². The molecule has 178 valence electrons. The van der Waals surface area contributed by atoms with Crippen LogP contribution in [0, 0.1) is 6.92 Å². The molecule has 1 aliphatic heterocycles. The zero-order valence-corrected chi connectivity index (χ0v) is 20.7. The fourth-order valence-electron chi connectivity index (χ4n) is 4.00. The molecular weight excluding hydrogens is 470 g/mol. The molecule has 1 amide bonds. The predicted octanol–water partition coefficient (Wildman–Crippen LogP) is 4.19. The number of amides is 1. The Balaban J connectivity index is 1.49. The van der Waals surface area contributed by atoms with Gasteiger partial charge in [-0.3, -0.25) is 14.0 Å². The van der Waals surface area contributed by atoms with Crippen LogP contribution in [0.2, 0.25) is 5.02 Å². The van der Waals surface area contributed by atoms with Gasteiger partial charge < -0.3 is 4.90 Å². The molecule has 0 unspecified atom stereocenters. The lowest BCUT2D eigenvalue weighted by atomic mass is 10.2. The Morgan fingerprint density at radius 1 is 0.912 bits per heavy atom. The van der Waals surface area contributed by atoms with Crippen LogP contribution in [0.5, 0.6) is 0 Å². The summed E-state index contributed by atoms with van der Waals surface area (Å²) in [4.78, 5) is 17.4. The minimum absolute atomic E-state index is 0.138. The summed E-state index contributed by atoms with van der Waals surface area (Å²) in [5, 5.41) is 0.406. The Morgan fingerprint density at radius 2 is 1.59 bits per heavy atom. The molecule has 0 radical (unpaired) electrons. The topological polar surface area (TPSA) is 60.9 Å². The van der Waals surface area contributed by atoms with E-state index in [1.165, 1.54) is 5.56 Å². The van der Waals surface area contributed by atoms with Crippen molar-refractivity contribution in [2.24, 2.45) is 0 Å². The summed E-state index contributed by atoms with van der Waals surface area (Å²) in [6.45, 7) is 5.03. The number of hydrogen-bond donors (Lipinski definition) is 0. The van der Waals surface area contributed by atoms with Gasteiger partial charge in [0.1, 0.15) is 6.54 Å². The Labute approximate surface area is 206 Å². The average Bonchev–Trinajstić information content (AvgIpc) is 2.83. The van der Waals surface area contributed by atoms with Gasteiger partial charge in [-0.25, -0.2) is 8.42 Å². The number of sulfonamides is 1. The van der Waals surface area contributed by atoms with E-state index in [1.54, 1.807) is 53.4 Å². The fraction of sp³-hybridized carbons (Fsp3) is 0.269. The van der Waals surface area contributed by atoms with Gasteiger partial charge in [0, 0.05) is 37.7 Å². The van der Waals surface area contributed by atoms with Crippen LogP contribution >= 0.6 is 11.6 Å². The molecule has 0 aromatic heterocycles. The number of hydrogen-bond acceptors (Lipinski definition) is 4. The number of rotatable bonds is 7. The van der Waals surface area contributed by atoms with E-state index in [-0.39, 0.29) is 17.3 Å². The quantitative estimate of drug-likeness (QED) is 0.491. The SMILES string of the molecule is Cc1ccc(S(=O)(=O)N(CC(=O)N2CCN(Cc3ccccc3)CC2)c2cccc(Cl)c2)cc1. The Morgan fingerprint density at radius 3 is 2.24 bits per heavy atom. The molecule has 0 atom stereocenters. The molecule has 0 spiro atoms. The highest BCUT2D eigenvalue weighted by Crippen LogP contribution is 2.26. The number of nitrogens with zero attached hydrogens (tertiary/aromatic N) is 3. The zero-order valence-electron chi connectivity index (χ0n) is 19.1. The second-order valence-electron chi connectivity index (χ2n) is 8.45. The van der Waals surface area contributed by atoms with Gasteiger partial charge in [-0.15, -0.1) is 0 Å². The third-order valence-electron chi connectivity index (χ3n) is 5.96. The summed E-state index contributed by atoms with van der Waals surface area (Å²) in [5.41, 5.74) is 2.56. The maximum atomic E-state index is 13.5. The van der Waals surface area contributed by atoms with Crippen LogP contribution in [-0.2, 0) is 21.4 Å². The van der Waals surface area contributed by atoms with Crippen molar-refractivity contribution in [2.75, 3.05) is 37.0 Å². The molecule has 0 aliphatic carbocycles. The number of piperazine rings is 1. The molecule has 4 rings (SSSR count). The molecule has 8 heteroatoms. The van der Waals surface area contributed by atoms with Gasteiger partial charge >= 0.3 is 0 Å². The van der Waals surface area contributed by atoms with Crippen LogP contribution < -0.4 is 4.31 Å². The largest absolute Gasteiger partial charge is 0.339 e. The highest BCUT2D eigenvalue weighted by Gasteiger charge is 2.30. The highest BCUT2D eigenvalue weighted by molar-refractivity contribution is 7.92. The lowest BCUT2D eigenvalue weighted by Gasteiger charge is -2.36. The molecule has 1 saturated heterocycles. The van der Waals surface area contributed by atoms with Crippen LogP contribution in [0.1, 0.15) is 11.1 Å². The first-order valence-electron chi connectivity index (χ1n) is 11.2. The van der Waals surface area contributed by atoms with Crippen LogP contribution in [0.4, 0.5) is 5.69 Å². The first kappa shape index (κ1) is 24.3. The predicted molar refractivity (Wildman–Crippen MR) is 135 cm³/mol. The van der Waals surface area contributed by atoms with Gasteiger partial charge in [0.15, 0.2) is 0 Å². The average molecular weight is 498 g/mol. The van der Waals surface area contributed by atoms with Crippen molar-refractivity contribution in [1.29, 1.82) is 0 Å². The lowest BCUT2D eigenvalue weighted by Crippen LogP contribution is -2.51. The van der Waals surface area contributed by atoms with E-state index in [2.05, 4.69) is 17.0 Å². The van der Waals surface area contributed by atoms with E-state index in [1.807, 2.05) is 25.1 Å². The number of halogens is 1. The maximum Gasteiger partial charge on any atom is 0.264 e. The van der Waals surface area contributed by atoms with E-state index >= 15 is 0 Å². The smallest absolute Gasteiger partial charge is 0.264 e. The van der Waals surface area contributed by atoms with Crippen LogP contribution in [-0.4, -0.2) is 56.8 Å². The minimum atomic E-state index is -3.96.